The molecule has 0 radical (unpaired) electrons. The van der Waals surface area contributed by atoms with Crippen LogP contribution in [0.25, 0.3) is 0 Å². The lowest BCUT2D eigenvalue weighted by Crippen LogP contribution is -2.59. The Morgan fingerprint density at radius 3 is 2.50 bits per heavy atom. The van der Waals surface area contributed by atoms with Crippen molar-refractivity contribution in [2.45, 2.75) is 56.9 Å². The number of ketones is 1. The molecule has 0 amide bonds. The molecule has 0 aromatic carbocycles. The van der Waals surface area contributed by atoms with Crippen LogP contribution in [-0.4, -0.2) is 66.2 Å². The molecule has 20 heavy (non-hydrogen) atoms. The Kier molecular flexibility index (Phi) is 4.90. The Labute approximate surface area is 117 Å². The molecule has 0 aromatic heterocycles. The molecule has 2 aliphatic heterocycles. The molecule has 1 saturated heterocycles. The van der Waals surface area contributed by atoms with E-state index in [9.17, 15) is 15.0 Å². The van der Waals surface area contributed by atoms with Crippen molar-refractivity contribution in [3.05, 3.63) is 12.2 Å². The SMILES string of the molecule is CO[C@@H]1O[C@@H](C)[C@H](O)[C@@H](O[C@H]2C=CC(=O)[C@H](C)O2)[C@H]1O. The van der Waals surface area contributed by atoms with Gasteiger partial charge in [-0.15, -0.1) is 0 Å². The van der Waals surface area contributed by atoms with Crippen LogP contribution < -0.4 is 0 Å². The van der Waals surface area contributed by atoms with Crippen molar-refractivity contribution in [3.8, 4) is 0 Å². The van der Waals surface area contributed by atoms with Gasteiger partial charge in [-0.3, -0.25) is 4.79 Å². The summed E-state index contributed by atoms with van der Waals surface area (Å²) in [5.41, 5.74) is 0. The molecule has 0 spiro atoms. The first-order chi connectivity index (χ1) is 9.43. The van der Waals surface area contributed by atoms with Gasteiger partial charge < -0.3 is 29.2 Å². The molecule has 2 aliphatic rings. The summed E-state index contributed by atoms with van der Waals surface area (Å²) in [7, 11) is 1.40. The highest BCUT2D eigenvalue weighted by molar-refractivity contribution is 5.93. The lowest BCUT2D eigenvalue weighted by atomic mass is 9.99. The number of hydrogen-bond donors (Lipinski definition) is 2. The molecule has 7 heteroatoms. The maximum absolute atomic E-state index is 11.3. The average Bonchev–Trinajstić information content (AvgIpc) is 2.42. The van der Waals surface area contributed by atoms with Gasteiger partial charge in [-0.25, -0.2) is 0 Å². The van der Waals surface area contributed by atoms with Crippen LogP contribution in [0.4, 0.5) is 0 Å². The molecular weight excluding hydrogens is 268 g/mol. The minimum atomic E-state index is -1.16. The van der Waals surface area contributed by atoms with E-state index >= 15 is 0 Å². The molecule has 0 aliphatic carbocycles. The second-order valence-corrected chi connectivity index (χ2v) is 4.94. The number of carbonyl (C=O) groups excluding carboxylic acids is 1. The third-order valence-corrected chi connectivity index (χ3v) is 3.46. The van der Waals surface area contributed by atoms with Gasteiger partial charge in [-0.1, -0.05) is 0 Å². The van der Waals surface area contributed by atoms with Crippen LogP contribution in [0.2, 0.25) is 0 Å². The molecule has 0 saturated carbocycles. The highest BCUT2D eigenvalue weighted by Crippen LogP contribution is 2.26. The molecule has 0 bridgehead atoms. The minimum absolute atomic E-state index is 0.152. The number of carbonyl (C=O) groups is 1. The first kappa shape index (κ1) is 15.6. The van der Waals surface area contributed by atoms with Gasteiger partial charge in [0.25, 0.3) is 0 Å². The molecular formula is C13H20O7. The highest BCUT2D eigenvalue weighted by atomic mass is 16.7. The molecule has 7 nitrogen and oxygen atoms in total. The number of ether oxygens (including phenoxy) is 4. The monoisotopic (exact) mass is 288 g/mol. The van der Waals surface area contributed by atoms with Gasteiger partial charge >= 0.3 is 0 Å². The third kappa shape index (κ3) is 3.08. The summed E-state index contributed by atoms with van der Waals surface area (Å²) in [4.78, 5) is 11.3. The Balaban J connectivity index is 2.06. The van der Waals surface area contributed by atoms with Crippen molar-refractivity contribution in [1.82, 2.24) is 0 Å². The quantitative estimate of drug-likeness (QED) is 0.713. The second kappa shape index (κ2) is 6.30. The molecule has 7 atom stereocenters. The average molecular weight is 288 g/mol. The zero-order valence-electron chi connectivity index (χ0n) is 11.6. The van der Waals surface area contributed by atoms with Crippen molar-refractivity contribution in [3.63, 3.8) is 0 Å². The van der Waals surface area contributed by atoms with Crippen molar-refractivity contribution < 1.29 is 34.0 Å². The standard InChI is InChI=1S/C13H20O7/c1-6-8(14)4-5-9(18-6)20-12-10(15)7(2)19-13(17-3)11(12)16/h4-7,9-13,15-16H,1-3H3/t6-,7-,9-,10-,11+,12+,13+/m0/s1. The molecule has 2 N–H and O–H groups in total. The Morgan fingerprint density at radius 2 is 1.90 bits per heavy atom. The highest BCUT2D eigenvalue weighted by Gasteiger charge is 2.45. The third-order valence-electron chi connectivity index (χ3n) is 3.46. The Morgan fingerprint density at radius 1 is 1.20 bits per heavy atom. The first-order valence-electron chi connectivity index (χ1n) is 6.51. The van der Waals surface area contributed by atoms with Gasteiger partial charge in [0.2, 0.25) is 0 Å². The summed E-state index contributed by atoms with van der Waals surface area (Å²) < 4.78 is 21.2. The van der Waals surface area contributed by atoms with Crippen LogP contribution in [0, 0.1) is 0 Å². The van der Waals surface area contributed by atoms with E-state index in [0.29, 0.717) is 0 Å². The van der Waals surface area contributed by atoms with E-state index in [1.165, 1.54) is 19.3 Å². The van der Waals surface area contributed by atoms with Crippen LogP contribution in [0.15, 0.2) is 12.2 Å². The van der Waals surface area contributed by atoms with Crippen LogP contribution in [0.5, 0.6) is 0 Å². The van der Waals surface area contributed by atoms with Gasteiger partial charge in [-0.05, 0) is 26.0 Å². The fourth-order valence-electron chi connectivity index (χ4n) is 2.21. The first-order valence-corrected chi connectivity index (χ1v) is 6.51. The predicted octanol–water partition coefficient (Wildman–Crippen LogP) is -0.645. The summed E-state index contributed by atoms with van der Waals surface area (Å²) in [6, 6.07) is 0. The number of rotatable bonds is 3. The smallest absolute Gasteiger partial charge is 0.186 e. The molecule has 1 fully saturated rings. The van der Waals surface area contributed by atoms with Crippen molar-refractivity contribution in [2.75, 3.05) is 7.11 Å². The van der Waals surface area contributed by atoms with E-state index in [1.54, 1.807) is 13.8 Å². The van der Waals surface area contributed by atoms with E-state index in [1.807, 2.05) is 0 Å². The van der Waals surface area contributed by atoms with Crippen LogP contribution in [0.1, 0.15) is 13.8 Å². The lowest BCUT2D eigenvalue weighted by molar-refractivity contribution is -0.313. The summed E-state index contributed by atoms with van der Waals surface area (Å²) in [5, 5.41) is 20.1. The van der Waals surface area contributed by atoms with Crippen LogP contribution >= 0.6 is 0 Å². The van der Waals surface area contributed by atoms with Crippen molar-refractivity contribution in [2.24, 2.45) is 0 Å². The van der Waals surface area contributed by atoms with Gasteiger partial charge in [0.15, 0.2) is 18.4 Å². The van der Waals surface area contributed by atoms with E-state index in [4.69, 9.17) is 18.9 Å². The number of methoxy groups -OCH3 is 1. The van der Waals surface area contributed by atoms with Gasteiger partial charge in [0, 0.05) is 7.11 Å². The minimum Gasteiger partial charge on any atom is -0.388 e. The molecule has 0 aromatic rings. The van der Waals surface area contributed by atoms with Crippen molar-refractivity contribution in [1.29, 1.82) is 0 Å². The number of aliphatic hydroxyl groups is 2. The number of hydrogen-bond acceptors (Lipinski definition) is 7. The summed E-state index contributed by atoms with van der Waals surface area (Å²) in [6.45, 7) is 3.27. The van der Waals surface area contributed by atoms with Gasteiger partial charge in [0.05, 0.1) is 6.10 Å². The van der Waals surface area contributed by atoms with E-state index in [2.05, 4.69) is 0 Å². The predicted molar refractivity (Wildman–Crippen MR) is 66.7 cm³/mol. The van der Waals surface area contributed by atoms with Gasteiger partial charge in [-0.2, -0.15) is 0 Å². The molecule has 0 unspecified atom stereocenters. The fraction of sp³-hybridized carbons (Fsp3) is 0.769. The molecule has 114 valence electrons. The van der Waals surface area contributed by atoms with E-state index < -0.39 is 43.1 Å². The Bertz CT molecular complexity index is 383. The molecule has 2 heterocycles. The molecule has 2 rings (SSSR count). The van der Waals surface area contributed by atoms with E-state index in [-0.39, 0.29) is 5.78 Å². The normalized spacial score (nSPS) is 45.6. The lowest BCUT2D eigenvalue weighted by Gasteiger charge is -2.41. The largest absolute Gasteiger partial charge is 0.388 e. The zero-order valence-corrected chi connectivity index (χ0v) is 11.6. The fourth-order valence-corrected chi connectivity index (χ4v) is 2.21. The Hall–Kier alpha value is -0.830. The number of aliphatic hydroxyl groups excluding tert-OH is 2. The second-order valence-electron chi connectivity index (χ2n) is 4.94. The topological polar surface area (TPSA) is 94.5 Å². The maximum Gasteiger partial charge on any atom is 0.186 e. The summed E-state index contributed by atoms with van der Waals surface area (Å²) in [6.07, 6.45) is -3.16. The van der Waals surface area contributed by atoms with Gasteiger partial charge in [0.1, 0.15) is 24.4 Å². The van der Waals surface area contributed by atoms with Crippen LogP contribution in [0.3, 0.4) is 0 Å². The van der Waals surface area contributed by atoms with E-state index in [0.717, 1.165) is 0 Å². The summed E-state index contributed by atoms with van der Waals surface area (Å²) >= 11 is 0. The maximum atomic E-state index is 11.3. The zero-order chi connectivity index (χ0) is 14.9. The summed E-state index contributed by atoms with van der Waals surface area (Å²) in [5.74, 6) is -0.152. The van der Waals surface area contributed by atoms with Crippen molar-refractivity contribution >= 4 is 5.78 Å². The van der Waals surface area contributed by atoms with Crippen LogP contribution in [-0.2, 0) is 23.7 Å².